The molecule has 100 valence electrons. The topological polar surface area (TPSA) is 50.4 Å². The average Bonchev–Trinajstić information content (AvgIpc) is 2.42. The Labute approximate surface area is 109 Å². The Morgan fingerprint density at radius 2 is 1.94 bits per heavy atom. The van der Waals surface area contributed by atoms with E-state index in [0.29, 0.717) is 6.54 Å². The molecule has 1 atom stereocenters. The fourth-order valence-corrected chi connectivity index (χ4v) is 1.71. The van der Waals surface area contributed by atoms with E-state index in [0.717, 1.165) is 24.2 Å². The summed E-state index contributed by atoms with van der Waals surface area (Å²) in [4.78, 5) is 11.6. The molecule has 0 radical (unpaired) electrons. The summed E-state index contributed by atoms with van der Waals surface area (Å²) in [5, 5.41) is 5.78. The van der Waals surface area contributed by atoms with Crippen LogP contribution >= 0.6 is 0 Å². The predicted molar refractivity (Wildman–Crippen MR) is 72.9 cm³/mol. The lowest BCUT2D eigenvalue weighted by Crippen LogP contribution is -2.38. The lowest BCUT2D eigenvalue weighted by molar-refractivity contribution is 0.236. The Kier molecular flexibility index (Phi) is 6.05. The van der Waals surface area contributed by atoms with Gasteiger partial charge in [0.1, 0.15) is 5.75 Å². The second-order valence-electron chi connectivity index (χ2n) is 4.13. The van der Waals surface area contributed by atoms with Crippen molar-refractivity contribution in [1.82, 2.24) is 10.6 Å². The van der Waals surface area contributed by atoms with Crippen LogP contribution in [0.3, 0.4) is 0 Å². The molecule has 0 saturated carbocycles. The molecule has 0 aromatic heterocycles. The van der Waals surface area contributed by atoms with Gasteiger partial charge in [-0.1, -0.05) is 26.0 Å². The van der Waals surface area contributed by atoms with Crippen molar-refractivity contribution in [2.45, 2.75) is 32.7 Å². The monoisotopic (exact) mass is 250 g/mol. The fourth-order valence-electron chi connectivity index (χ4n) is 1.71. The number of carbonyl (C=O) groups excluding carboxylic acids is 1. The van der Waals surface area contributed by atoms with Gasteiger partial charge in [-0.25, -0.2) is 4.79 Å². The average molecular weight is 250 g/mol. The van der Waals surface area contributed by atoms with Crippen molar-refractivity contribution >= 4 is 6.03 Å². The molecule has 4 nitrogen and oxygen atoms in total. The van der Waals surface area contributed by atoms with E-state index in [1.807, 2.05) is 31.2 Å². The minimum atomic E-state index is -0.112. The molecule has 0 saturated heterocycles. The van der Waals surface area contributed by atoms with Crippen LogP contribution in [0.25, 0.3) is 0 Å². The quantitative estimate of drug-likeness (QED) is 0.815. The minimum Gasteiger partial charge on any atom is -0.497 e. The lowest BCUT2D eigenvalue weighted by atomic mass is 10.0. The molecule has 1 aromatic carbocycles. The van der Waals surface area contributed by atoms with Crippen molar-refractivity contribution in [3.8, 4) is 5.75 Å². The van der Waals surface area contributed by atoms with Crippen LogP contribution in [0.15, 0.2) is 24.3 Å². The Balaban J connectivity index is 2.61. The largest absolute Gasteiger partial charge is 0.497 e. The van der Waals surface area contributed by atoms with Gasteiger partial charge in [-0.15, -0.1) is 0 Å². The second kappa shape index (κ2) is 7.58. The van der Waals surface area contributed by atoms with Crippen molar-refractivity contribution in [3.63, 3.8) is 0 Å². The van der Waals surface area contributed by atoms with Crippen LogP contribution in [0.1, 0.15) is 38.3 Å². The highest BCUT2D eigenvalue weighted by molar-refractivity contribution is 5.74. The molecule has 2 amide bonds. The summed E-state index contributed by atoms with van der Waals surface area (Å²) in [6.45, 7) is 4.78. The number of benzene rings is 1. The summed E-state index contributed by atoms with van der Waals surface area (Å²) in [5.41, 5.74) is 1.09. The highest BCUT2D eigenvalue weighted by Crippen LogP contribution is 2.19. The summed E-state index contributed by atoms with van der Waals surface area (Å²) in [7, 11) is 1.64. The standard InChI is InChI=1S/C14H22N2O2/c1-4-10-15-14(17)16-13(5-2)11-6-8-12(18-3)9-7-11/h6-9,13H,4-5,10H2,1-3H3,(H2,15,16,17). The maximum Gasteiger partial charge on any atom is 0.315 e. The molecule has 0 bridgehead atoms. The molecule has 0 aliphatic heterocycles. The van der Waals surface area contributed by atoms with E-state index in [4.69, 9.17) is 4.74 Å². The maximum absolute atomic E-state index is 11.6. The summed E-state index contributed by atoms with van der Waals surface area (Å²) >= 11 is 0. The number of methoxy groups -OCH3 is 1. The molecule has 1 aromatic rings. The molecule has 0 aliphatic rings. The fraction of sp³-hybridized carbons (Fsp3) is 0.500. The third-order valence-corrected chi connectivity index (χ3v) is 2.77. The van der Waals surface area contributed by atoms with Gasteiger partial charge in [0.25, 0.3) is 0 Å². The molecule has 0 heterocycles. The van der Waals surface area contributed by atoms with Crippen LogP contribution in [0.5, 0.6) is 5.75 Å². The van der Waals surface area contributed by atoms with Gasteiger partial charge in [-0.05, 0) is 30.5 Å². The van der Waals surface area contributed by atoms with Crippen molar-refractivity contribution < 1.29 is 9.53 Å². The first-order chi connectivity index (χ1) is 8.71. The van der Waals surface area contributed by atoms with Crippen LogP contribution in [-0.4, -0.2) is 19.7 Å². The first-order valence-corrected chi connectivity index (χ1v) is 6.39. The maximum atomic E-state index is 11.6. The van der Waals surface area contributed by atoms with Gasteiger partial charge < -0.3 is 15.4 Å². The third-order valence-electron chi connectivity index (χ3n) is 2.77. The van der Waals surface area contributed by atoms with Crippen LogP contribution in [0.4, 0.5) is 4.79 Å². The number of rotatable bonds is 6. The molecule has 4 heteroatoms. The number of nitrogens with one attached hydrogen (secondary N) is 2. The molecule has 2 N–H and O–H groups in total. The Bertz CT molecular complexity index is 363. The van der Waals surface area contributed by atoms with Crippen molar-refractivity contribution in [3.05, 3.63) is 29.8 Å². The van der Waals surface area contributed by atoms with Crippen LogP contribution in [-0.2, 0) is 0 Å². The summed E-state index contributed by atoms with van der Waals surface area (Å²) in [6, 6.07) is 7.69. The van der Waals surface area contributed by atoms with E-state index < -0.39 is 0 Å². The van der Waals surface area contributed by atoms with Gasteiger partial charge in [0.05, 0.1) is 13.2 Å². The second-order valence-corrected chi connectivity index (χ2v) is 4.13. The molecular formula is C14H22N2O2. The molecule has 1 unspecified atom stereocenters. The summed E-state index contributed by atoms with van der Waals surface area (Å²) in [5.74, 6) is 0.823. The molecule has 0 aliphatic carbocycles. The Morgan fingerprint density at radius 3 is 2.44 bits per heavy atom. The zero-order chi connectivity index (χ0) is 13.4. The van der Waals surface area contributed by atoms with Crippen molar-refractivity contribution in [2.75, 3.05) is 13.7 Å². The molecule has 1 rings (SSSR count). The highest BCUT2D eigenvalue weighted by atomic mass is 16.5. The Morgan fingerprint density at radius 1 is 1.28 bits per heavy atom. The minimum absolute atomic E-state index is 0.0350. The van der Waals surface area contributed by atoms with E-state index in [2.05, 4.69) is 17.6 Å². The molecule has 0 spiro atoms. The number of hydrogen-bond donors (Lipinski definition) is 2. The van der Waals surface area contributed by atoms with Crippen molar-refractivity contribution in [1.29, 1.82) is 0 Å². The number of urea groups is 1. The zero-order valence-corrected chi connectivity index (χ0v) is 11.3. The predicted octanol–water partition coefficient (Wildman–Crippen LogP) is 2.86. The van der Waals surface area contributed by atoms with Gasteiger partial charge in [0, 0.05) is 6.54 Å². The number of hydrogen-bond acceptors (Lipinski definition) is 2. The van der Waals surface area contributed by atoms with Crippen LogP contribution < -0.4 is 15.4 Å². The number of carbonyl (C=O) groups is 1. The van der Waals surface area contributed by atoms with Gasteiger partial charge in [-0.2, -0.15) is 0 Å². The van der Waals surface area contributed by atoms with Gasteiger partial charge in [0.15, 0.2) is 0 Å². The third kappa shape index (κ3) is 4.28. The normalized spacial score (nSPS) is 11.7. The molecule has 0 fully saturated rings. The zero-order valence-electron chi connectivity index (χ0n) is 11.3. The van der Waals surface area contributed by atoms with Crippen molar-refractivity contribution in [2.24, 2.45) is 0 Å². The first kappa shape index (κ1) is 14.4. The highest BCUT2D eigenvalue weighted by Gasteiger charge is 2.11. The van der Waals surface area contributed by atoms with Crippen LogP contribution in [0, 0.1) is 0 Å². The molecular weight excluding hydrogens is 228 g/mol. The van der Waals surface area contributed by atoms with E-state index >= 15 is 0 Å². The van der Waals surface area contributed by atoms with E-state index in [1.54, 1.807) is 7.11 Å². The van der Waals surface area contributed by atoms with Gasteiger partial charge in [-0.3, -0.25) is 0 Å². The lowest BCUT2D eigenvalue weighted by Gasteiger charge is -2.18. The van der Waals surface area contributed by atoms with Gasteiger partial charge in [0.2, 0.25) is 0 Å². The smallest absolute Gasteiger partial charge is 0.315 e. The SMILES string of the molecule is CCCNC(=O)NC(CC)c1ccc(OC)cc1. The Hall–Kier alpha value is -1.71. The van der Waals surface area contributed by atoms with Crippen LogP contribution in [0.2, 0.25) is 0 Å². The van der Waals surface area contributed by atoms with E-state index in [9.17, 15) is 4.79 Å². The van der Waals surface area contributed by atoms with E-state index in [1.165, 1.54) is 0 Å². The summed E-state index contributed by atoms with van der Waals surface area (Å²) in [6.07, 6.45) is 1.79. The first-order valence-electron chi connectivity index (χ1n) is 6.39. The number of ether oxygens (including phenoxy) is 1. The van der Waals surface area contributed by atoms with E-state index in [-0.39, 0.29) is 12.1 Å². The number of amides is 2. The van der Waals surface area contributed by atoms with Gasteiger partial charge >= 0.3 is 6.03 Å². The molecule has 18 heavy (non-hydrogen) atoms. The summed E-state index contributed by atoms with van der Waals surface area (Å²) < 4.78 is 5.12.